The van der Waals surface area contributed by atoms with Crippen LogP contribution in [0.3, 0.4) is 0 Å². The van der Waals surface area contributed by atoms with Gasteiger partial charge in [-0.1, -0.05) is 74.5 Å². The lowest BCUT2D eigenvalue weighted by Gasteiger charge is -2.35. The van der Waals surface area contributed by atoms with Crippen LogP contribution in [0.1, 0.15) is 25.0 Å². The quantitative estimate of drug-likeness (QED) is 0.220. The first-order valence-corrected chi connectivity index (χ1v) is 14.6. The number of hydrogen-bond donors (Lipinski definition) is 0. The Morgan fingerprint density at radius 3 is 2.02 bits per heavy atom. The minimum absolute atomic E-state index is 0.236. The van der Waals surface area contributed by atoms with Crippen LogP contribution in [0.15, 0.2) is 128 Å². The van der Waals surface area contributed by atoms with E-state index in [9.17, 15) is 0 Å². The van der Waals surface area contributed by atoms with Crippen molar-refractivity contribution in [2.45, 2.75) is 19.3 Å². The van der Waals surface area contributed by atoms with Crippen molar-refractivity contribution in [3.8, 4) is 34.3 Å². The van der Waals surface area contributed by atoms with Gasteiger partial charge in [-0.3, -0.25) is 9.55 Å². The average molecular weight is 554 g/mol. The summed E-state index contributed by atoms with van der Waals surface area (Å²) in [6.45, 7) is 4.65. The molecule has 0 atom stereocenters. The Balaban J connectivity index is 1.31. The summed E-state index contributed by atoms with van der Waals surface area (Å²) < 4.78 is 4.70. The second kappa shape index (κ2) is 8.73. The Labute approximate surface area is 248 Å². The molecule has 0 saturated heterocycles. The maximum Gasteiger partial charge on any atom is 0.164 e. The van der Waals surface area contributed by atoms with E-state index in [1.54, 1.807) is 6.20 Å². The number of para-hydroxylation sites is 3. The molecule has 1 aliphatic heterocycles. The Hall–Kier alpha value is -5.55. The third kappa shape index (κ3) is 3.36. The molecule has 43 heavy (non-hydrogen) atoms. The van der Waals surface area contributed by atoms with Crippen molar-refractivity contribution in [2.75, 3.05) is 0 Å². The van der Waals surface area contributed by atoms with Crippen molar-refractivity contribution in [1.29, 1.82) is 0 Å². The molecule has 0 fully saturated rings. The standard InChI is InChI=1S/C38H27N5/c1-38(2)27-13-9-16-31-36(27)43(37(41-31)32-17-10-15-30(40-32)29-14-7-8-22-39-29)35-21-20-24(23-28(35)38)42-33-18-5-3-11-25(33)26-12-4-6-19-34(26)42/h3-23H,1-2H3. The fraction of sp³-hybridized carbons (Fsp3) is 0.0789. The maximum absolute atomic E-state index is 5.18. The van der Waals surface area contributed by atoms with Crippen LogP contribution < -0.4 is 0 Å². The number of pyridine rings is 2. The zero-order valence-electron chi connectivity index (χ0n) is 23.9. The lowest BCUT2D eigenvalue weighted by Crippen LogP contribution is -2.27. The van der Waals surface area contributed by atoms with E-state index in [1.807, 2.05) is 36.4 Å². The number of hydrogen-bond acceptors (Lipinski definition) is 3. The van der Waals surface area contributed by atoms with Gasteiger partial charge < -0.3 is 4.57 Å². The lowest BCUT2D eigenvalue weighted by atomic mass is 9.74. The molecule has 0 unspecified atom stereocenters. The van der Waals surface area contributed by atoms with Crippen molar-refractivity contribution >= 4 is 32.8 Å². The topological polar surface area (TPSA) is 48.5 Å². The second-order valence-electron chi connectivity index (χ2n) is 11.8. The van der Waals surface area contributed by atoms with Crippen LogP contribution in [-0.4, -0.2) is 24.1 Å². The first kappa shape index (κ1) is 24.1. The molecule has 9 rings (SSSR count). The smallest absolute Gasteiger partial charge is 0.164 e. The summed E-state index contributed by atoms with van der Waals surface area (Å²) in [6, 6.07) is 42.7. The first-order valence-electron chi connectivity index (χ1n) is 14.6. The van der Waals surface area contributed by atoms with Crippen LogP contribution in [0.5, 0.6) is 0 Å². The molecule has 1 aliphatic rings. The highest BCUT2D eigenvalue weighted by molar-refractivity contribution is 6.09. The van der Waals surface area contributed by atoms with E-state index in [-0.39, 0.29) is 5.41 Å². The highest BCUT2D eigenvalue weighted by atomic mass is 15.1. The zero-order chi connectivity index (χ0) is 28.7. The molecule has 0 N–H and O–H groups in total. The summed E-state index contributed by atoms with van der Waals surface area (Å²) >= 11 is 0. The van der Waals surface area contributed by atoms with Gasteiger partial charge in [0.1, 0.15) is 5.69 Å². The van der Waals surface area contributed by atoms with Gasteiger partial charge in [0.25, 0.3) is 0 Å². The van der Waals surface area contributed by atoms with Crippen LogP contribution in [0.4, 0.5) is 0 Å². The molecule has 8 aromatic rings. The van der Waals surface area contributed by atoms with E-state index in [0.29, 0.717) is 0 Å². The predicted molar refractivity (Wildman–Crippen MR) is 174 cm³/mol. The summed E-state index contributed by atoms with van der Waals surface area (Å²) in [7, 11) is 0. The molecule has 0 saturated carbocycles. The molecule has 0 radical (unpaired) electrons. The third-order valence-corrected chi connectivity index (χ3v) is 8.99. The van der Waals surface area contributed by atoms with E-state index in [2.05, 4.69) is 113 Å². The van der Waals surface area contributed by atoms with E-state index < -0.39 is 0 Å². The number of imidazole rings is 1. The van der Waals surface area contributed by atoms with Crippen LogP contribution in [0.2, 0.25) is 0 Å². The SMILES string of the molecule is CC1(C)c2cc(-n3c4ccccc4c4ccccc43)ccc2-n2c(-c3cccc(-c4ccccn4)n3)nc3cccc1c32. The Morgan fingerprint density at radius 2 is 1.26 bits per heavy atom. The molecular weight excluding hydrogens is 526 g/mol. The molecule has 5 nitrogen and oxygen atoms in total. The van der Waals surface area contributed by atoms with Crippen LogP contribution in [0.25, 0.3) is 67.1 Å². The summed E-state index contributed by atoms with van der Waals surface area (Å²) in [5.74, 6) is 0.835. The highest BCUT2D eigenvalue weighted by Gasteiger charge is 2.36. The van der Waals surface area contributed by atoms with Gasteiger partial charge in [0.05, 0.1) is 39.1 Å². The van der Waals surface area contributed by atoms with E-state index >= 15 is 0 Å². The van der Waals surface area contributed by atoms with Gasteiger partial charge in [-0.05, 0) is 71.8 Å². The van der Waals surface area contributed by atoms with E-state index in [0.717, 1.165) is 45.3 Å². The minimum Gasteiger partial charge on any atom is -0.309 e. The molecule has 0 bridgehead atoms. The van der Waals surface area contributed by atoms with Crippen molar-refractivity contribution in [1.82, 2.24) is 24.1 Å². The molecule has 5 heteroatoms. The molecule has 0 aliphatic carbocycles. The number of rotatable bonds is 3. The summed E-state index contributed by atoms with van der Waals surface area (Å²) in [5, 5.41) is 2.52. The largest absolute Gasteiger partial charge is 0.309 e. The predicted octanol–water partition coefficient (Wildman–Crippen LogP) is 8.89. The normalized spacial score (nSPS) is 13.5. The Kier molecular flexibility index (Phi) is 4.89. The fourth-order valence-corrected chi connectivity index (χ4v) is 6.96. The Bertz CT molecular complexity index is 2320. The number of benzene rings is 4. The number of nitrogens with zero attached hydrogens (tertiary/aromatic N) is 5. The summed E-state index contributed by atoms with van der Waals surface area (Å²) in [5.41, 5.74) is 11.6. The van der Waals surface area contributed by atoms with Crippen LogP contribution in [-0.2, 0) is 5.41 Å². The third-order valence-electron chi connectivity index (χ3n) is 8.99. The Morgan fingerprint density at radius 1 is 0.558 bits per heavy atom. The highest BCUT2D eigenvalue weighted by Crippen LogP contribution is 2.47. The van der Waals surface area contributed by atoms with Gasteiger partial charge in [-0.15, -0.1) is 0 Å². The van der Waals surface area contributed by atoms with Gasteiger partial charge >= 0.3 is 0 Å². The van der Waals surface area contributed by atoms with E-state index in [1.165, 1.54) is 32.9 Å². The molecule has 0 spiro atoms. The van der Waals surface area contributed by atoms with Gasteiger partial charge in [0, 0.05) is 28.1 Å². The molecule has 0 amide bonds. The molecule has 5 heterocycles. The zero-order valence-corrected chi connectivity index (χ0v) is 23.9. The summed E-state index contributed by atoms with van der Waals surface area (Å²) in [4.78, 5) is 14.8. The van der Waals surface area contributed by atoms with Gasteiger partial charge in [0.2, 0.25) is 0 Å². The van der Waals surface area contributed by atoms with Crippen LogP contribution in [0, 0.1) is 0 Å². The molecule has 4 aromatic heterocycles. The second-order valence-corrected chi connectivity index (χ2v) is 11.8. The van der Waals surface area contributed by atoms with E-state index in [4.69, 9.17) is 9.97 Å². The van der Waals surface area contributed by atoms with Crippen LogP contribution >= 0.6 is 0 Å². The first-order chi connectivity index (χ1) is 21.1. The average Bonchev–Trinajstić information content (AvgIpc) is 3.61. The molecular formula is C38H27N5. The fourth-order valence-electron chi connectivity index (χ4n) is 6.96. The van der Waals surface area contributed by atoms with Gasteiger partial charge in [0.15, 0.2) is 5.82 Å². The van der Waals surface area contributed by atoms with Crippen molar-refractivity contribution in [2.24, 2.45) is 0 Å². The minimum atomic E-state index is -0.236. The van der Waals surface area contributed by atoms with Gasteiger partial charge in [-0.2, -0.15) is 0 Å². The monoisotopic (exact) mass is 553 g/mol. The summed E-state index contributed by atoms with van der Waals surface area (Å²) in [6.07, 6.45) is 1.80. The number of aromatic nitrogens is 5. The van der Waals surface area contributed by atoms with Gasteiger partial charge in [-0.25, -0.2) is 9.97 Å². The lowest BCUT2D eigenvalue weighted by molar-refractivity contribution is 0.628. The molecule has 4 aromatic carbocycles. The van der Waals surface area contributed by atoms with Crippen molar-refractivity contribution in [3.63, 3.8) is 0 Å². The van der Waals surface area contributed by atoms with Crippen molar-refractivity contribution < 1.29 is 0 Å². The van der Waals surface area contributed by atoms with Crippen molar-refractivity contribution in [3.05, 3.63) is 139 Å². The molecule has 204 valence electrons. The number of fused-ring (bicyclic) bond motifs is 5. The maximum atomic E-state index is 5.18.